The molecule has 9 heteroatoms. The molecular formula is C18H16O8W. The van der Waals surface area contributed by atoms with Crippen molar-refractivity contribution in [2.45, 2.75) is 25.4 Å². The third kappa shape index (κ3) is 8.44. The van der Waals surface area contributed by atoms with Crippen LogP contribution in [0.5, 0.6) is 0 Å². The number of methoxy groups -OCH3 is 1. The van der Waals surface area contributed by atoms with Crippen LogP contribution in [-0.4, -0.2) is 30.7 Å². The van der Waals surface area contributed by atoms with Crippen LogP contribution < -0.4 is 0 Å². The number of allylic oxidation sites excluding steroid dienone is 2. The van der Waals surface area contributed by atoms with E-state index >= 15 is 0 Å². The van der Waals surface area contributed by atoms with Gasteiger partial charge in [-0.25, -0.2) is 0 Å². The van der Waals surface area contributed by atoms with Gasteiger partial charge in [-0.1, -0.05) is 0 Å². The van der Waals surface area contributed by atoms with Crippen LogP contribution >= 0.6 is 0 Å². The molecule has 0 bridgehead atoms. The standard InChI is InChI=1S/C13H16O3.5CO.W/c1-14-6-10-12(9-4-2-3-5-9)11-7-15-8-16-13(10)11;5*1-2;/h4,11,13H,2-3,5,7-8H2,1H3;;;;;;. The van der Waals surface area contributed by atoms with Gasteiger partial charge in [0.2, 0.25) is 0 Å². The van der Waals surface area contributed by atoms with Crippen molar-refractivity contribution < 1.29 is 56.8 Å². The summed E-state index contributed by atoms with van der Waals surface area (Å²) in [6.07, 6.45) is 6.29. The molecule has 2 aliphatic carbocycles. The molecule has 0 radical (unpaired) electrons. The Morgan fingerprint density at radius 1 is 1.07 bits per heavy atom. The number of ether oxygens (including phenoxy) is 3. The fraction of sp³-hybridized carbons (Fsp3) is 0.444. The summed E-state index contributed by atoms with van der Waals surface area (Å²) >= 11 is 1.38. The second-order valence-electron chi connectivity index (χ2n) is 4.62. The summed E-state index contributed by atoms with van der Waals surface area (Å²) < 4.78 is 55.2. The van der Waals surface area contributed by atoms with Gasteiger partial charge < -0.3 is 0 Å². The summed E-state index contributed by atoms with van der Waals surface area (Å²) in [6, 6.07) is 0. The molecule has 3 aliphatic rings. The molecule has 2 atom stereocenters. The molecule has 3 rings (SSSR count). The van der Waals surface area contributed by atoms with Crippen molar-refractivity contribution in [3.05, 3.63) is 56.0 Å². The van der Waals surface area contributed by atoms with E-state index in [0.29, 0.717) is 12.7 Å². The first-order chi connectivity index (χ1) is 13.3. The molecule has 0 spiro atoms. The first kappa shape index (κ1) is 30.3. The average Bonchev–Trinajstić information content (AvgIpc) is 3.30. The third-order valence-corrected chi connectivity index (χ3v) is 5.12. The van der Waals surface area contributed by atoms with Gasteiger partial charge in [0.05, 0.1) is 0 Å². The van der Waals surface area contributed by atoms with Gasteiger partial charge >= 0.3 is 169 Å². The molecule has 142 valence electrons. The van der Waals surface area contributed by atoms with Crippen molar-refractivity contribution in [2.75, 3.05) is 20.5 Å². The second-order valence-corrected chi connectivity index (χ2v) is 5.96. The Bertz CT molecular complexity index is 574. The second kappa shape index (κ2) is 20.9. The van der Waals surface area contributed by atoms with E-state index in [1.54, 1.807) is 7.11 Å². The zero-order valence-corrected chi connectivity index (χ0v) is 17.4. The van der Waals surface area contributed by atoms with Gasteiger partial charge in [0.25, 0.3) is 0 Å². The SMILES string of the molecule is CO[C](=[W])C1=C(C2=CCCC2)C2COCOC12.[C-]#[O+].[C-]#[O+].[C-]#[O+].[C-]#[O+].[C-]#[O+]. The normalized spacial score (nSPS) is 20.5. The fourth-order valence-electron chi connectivity index (χ4n) is 2.94. The Morgan fingerprint density at radius 3 is 2.07 bits per heavy atom. The number of fused-ring (bicyclic) bond motifs is 1. The zero-order valence-electron chi connectivity index (χ0n) is 14.4. The van der Waals surface area contributed by atoms with Crippen LogP contribution in [0.25, 0.3) is 0 Å². The molecule has 0 N–H and O–H groups in total. The van der Waals surface area contributed by atoms with E-state index in [9.17, 15) is 0 Å². The summed E-state index contributed by atoms with van der Waals surface area (Å²) in [5, 5.41) is 0. The van der Waals surface area contributed by atoms with Gasteiger partial charge in [-0.15, -0.1) is 0 Å². The Hall–Kier alpha value is -1.38. The predicted octanol–water partition coefficient (Wildman–Crippen LogP) is 1.53. The Kier molecular flexibility index (Phi) is 23.5. The van der Waals surface area contributed by atoms with Crippen LogP contribution in [0.1, 0.15) is 19.3 Å². The Labute approximate surface area is 168 Å². The van der Waals surface area contributed by atoms with E-state index in [1.165, 1.54) is 55.3 Å². The van der Waals surface area contributed by atoms with E-state index in [4.69, 9.17) is 37.5 Å². The molecule has 2 unspecified atom stereocenters. The average molecular weight is 544 g/mol. The molecule has 0 aromatic rings. The van der Waals surface area contributed by atoms with Crippen molar-refractivity contribution in [1.82, 2.24) is 0 Å². The molecule has 8 nitrogen and oxygen atoms in total. The van der Waals surface area contributed by atoms with Crippen LogP contribution in [0.15, 0.2) is 22.8 Å². The van der Waals surface area contributed by atoms with Gasteiger partial charge in [-0.05, 0) is 0 Å². The Morgan fingerprint density at radius 2 is 1.63 bits per heavy atom. The maximum absolute atomic E-state index is 7.50. The summed E-state index contributed by atoms with van der Waals surface area (Å²) in [5.74, 6) is 0.438. The minimum atomic E-state index is 0.215. The van der Waals surface area contributed by atoms with E-state index in [-0.39, 0.29) is 6.10 Å². The maximum atomic E-state index is 7.50. The monoisotopic (exact) mass is 544 g/mol. The number of rotatable bonds is 3. The molecule has 1 aliphatic heterocycles. The van der Waals surface area contributed by atoms with E-state index < -0.39 is 0 Å². The first-order valence-electron chi connectivity index (χ1n) is 7.06. The molecule has 1 heterocycles. The van der Waals surface area contributed by atoms with Crippen molar-refractivity contribution in [3.63, 3.8) is 0 Å². The van der Waals surface area contributed by atoms with Crippen LogP contribution in [0.3, 0.4) is 0 Å². The van der Waals surface area contributed by atoms with Gasteiger partial charge in [0.1, 0.15) is 0 Å². The minimum absolute atomic E-state index is 0.215. The fourth-order valence-corrected chi connectivity index (χ4v) is 3.75. The molecular weight excluding hydrogens is 528 g/mol. The summed E-state index contributed by atoms with van der Waals surface area (Å²) in [7, 11) is 1.75. The summed E-state index contributed by atoms with van der Waals surface area (Å²) in [6.45, 7) is 23.7. The van der Waals surface area contributed by atoms with Gasteiger partial charge in [0, 0.05) is 0 Å². The molecule has 0 amide bonds. The summed E-state index contributed by atoms with van der Waals surface area (Å²) in [5.41, 5.74) is 4.27. The molecule has 0 saturated carbocycles. The number of hydrogen-bond acceptors (Lipinski definition) is 3. The van der Waals surface area contributed by atoms with Crippen LogP contribution in [0.4, 0.5) is 0 Å². The van der Waals surface area contributed by atoms with Crippen molar-refractivity contribution in [3.8, 4) is 0 Å². The molecule has 0 aromatic carbocycles. The third-order valence-electron chi connectivity index (χ3n) is 3.73. The van der Waals surface area contributed by atoms with Crippen LogP contribution in [0.2, 0.25) is 0 Å². The molecule has 0 aromatic heterocycles. The van der Waals surface area contributed by atoms with Crippen molar-refractivity contribution in [1.29, 1.82) is 0 Å². The van der Waals surface area contributed by atoms with Gasteiger partial charge in [-0.2, -0.15) is 0 Å². The molecule has 27 heavy (non-hydrogen) atoms. The topological polar surface area (TPSA) is 127 Å². The van der Waals surface area contributed by atoms with E-state index in [2.05, 4.69) is 39.3 Å². The predicted molar refractivity (Wildman–Crippen MR) is 79.8 cm³/mol. The quantitative estimate of drug-likeness (QED) is 0.395. The Balaban J connectivity index is -0.000000504. The van der Waals surface area contributed by atoms with Crippen LogP contribution in [-0.2, 0) is 56.8 Å². The van der Waals surface area contributed by atoms with Crippen molar-refractivity contribution >= 4 is 4.08 Å². The van der Waals surface area contributed by atoms with E-state index in [0.717, 1.165) is 10.7 Å². The first-order valence-corrected chi connectivity index (χ1v) is 8.52. The van der Waals surface area contributed by atoms with Crippen molar-refractivity contribution in [2.24, 2.45) is 5.92 Å². The van der Waals surface area contributed by atoms with E-state index in [1.807, 2.05) is 0 Å². The van der Waals surface area contributed by atoms with Gasteiger partial charge in [-0.3, -0.25) is 0 Å². The van der Waals surface area contributed by atoms with Gasteiger partial charge in [0.15, 0.2) is 0 Å². The summed E-state index contributed by atoms with van der Waals surface area (Å²) in [4.78, 5) is 0. The van der Waals surface area contributed by atoms with Crippen LogP contribution in [0, 0.1) is 39.2 Å². The molecule has 1 fully saturated rings. The zero-order chi connectivity index (χ0) is 21.8. The number of hydrogen-bond donors (Lipinski definition) is 0. The molecule has 1 saturated heterocycles.